The monoisotopic (exact) mass is 563 g/mol. The third-order valence-electron chi connectivity index (χ3n) is 7.77. The van der Waals surface area contributed by atoms with E-state index in [1.807, 2.05) is 36.2 Å². The van der Waals surface area contributed by atoms with E-state index < -0.39 is 12.0 Å². The molecule has 2 N–H and O–H groups in total. The summed E-state index contributed by atoms with van der Waals surface area (Å²) in [6.07, 6.45) is 12.9. The van der Waals surface area contributed by atoms with E-state index in [1.165, 1.54) is 56.3 Å². The molecule has 0 heterocycles. The van der Waals surface area contributed by atoms with Crippen molar-refractivity contribution in [3.63, 3.8) is 0 Å². The Bertz CT molecular complexity index is 1050. The molecule has 3 rings (SSSR count). The van der Waals surface area contributed by atoms with Gasteiger partial charge in [-0.1, -0.05) is 81.8 Å². The Balaban J connectivity index is 0.00000400. The Morgan fingerprint density at radius 1 is 1.08 bits per heavy atom. The molecule has 7 heteroatoms. The number of carbonyl (C=O) groups is 2. The Morgan fingerprint density at radius 2 is 1.82 bits per heavy atom. The van der Waals surface area contributed by atoms with E-state index in [1.54, 1.807) is 11.8 Å². The molecule has 1 aliphatic rings. The quantitative estimate of drug-likeness (QED) is 0.299. The first-order chi connectivity index (χ1) is 18.4. The molecule has 39 heavy (non-hydrogen) atoms. The van der Waals surface area contributed by atoms with Gasteiger partial charge in [0.25, 0.3) is 5.91 Å². The van der Waals surface area contributed by atoms with Gasteiger partial charge in [-0.2, -0.15) is 23.5 Å². The van der Waals surface area contributed by atoms with Crippen molar-refractivity contribution in [3.05, 3.63) is 59.2 Å². The number of rotatable bonds is 15. The van der Waals surface area contributed by atoms with E-state index in [9.17, 15) is 14.7 Å². The number of hydrogen-bond donors (Lipinski definition) is 2. The number of thioether (sulfide) groups is 2. The fourth-order valence-electron chi connectivity index (χ4n) is 5.55. The summed E-state index contributed by atoms with van der Waals surface area (Å²) in [5.41, 5.74) is 4.81. The second kappa shape index (κ2) is 18.2. The number of benzene rings is 2. The summed E-state index contributed by atoms with van der Waals surface area (Å²) in [5, 5.41) is 12.4. The molecule has 2 aromatic rings. The van der Waals surface area contributed by atoms with Crippen molar-refractivity contribution < 1.29 is 35.0 Å². The number of aliphatic carboxylic acids is 1. The number of amides is 1. The number of carbonyl (C=O) groups excluding carboxylic acids is 1. The Morgan fingerprint density at radius 3 is 2.49 bits per heavy atom. The number of hydrogen-bond acceptors (Lipinski definition) is 4. The Hall–Kier alpha value is -1.32. The van der Waals surface area contributed by atoms with Crippen molar-refractivity contribution in [3.8, 4) is 11.1 Å². The fraction of sp³-hybridized carbons (Fsp3) is 0.562. The summed E-state index contributed by atoms with van der Waals surface area (Å²) in [5.74, 6) is 3.18. The van der Waals surface area contributed by atoms with Gasteiger partial charge in [-0.3, -0.25) is 4.79 Å². The molecule has 2 atom stereocenters. The molecular weight excluding hydrogens is 517 g/mol. The summed E-state index contributed by atoms with van der Waals surface area (Å²) in [6, 6.07) is 13.4. The maximum absolute atomic E-state index is 13.4. The number of carboxylic acid groups (broad SMARTS) is 1. The largest absolute Gasteiger partial charge is 1.00 e. The van der Waals surface area contributed by atoms with Crippen molar-refractivity contribution in [1.29, 1.82) is 0 Å². The van der Waals surface area contributed by atoms with Gasteiger partial charge in [0.2, 0.25) is 0 Å². The molecule has 1 fully saturated rings. The zero-order valence-electron chi connectivity index (χ0n) is 25.3. The van der Waals surface area contributed by atoms with Gasteiger partial charge in [-0.25, -0.2) is 4.79 Å². The molecule has 1 aliphatic carbocycles. The van der Waals surface area contributed by atoms with Gasteiger partial charge >= 0.3 is 24.8 Å². The molecule has 1 saturated carbocycles. The molecule has 0 spiro atoms. The van der Waals surface area contributed by atoms with Crippen molar-refractivity contribution >= 4 is 35.4 Å². The average molecular weight is 564 g/mol. The minimum Gasteiger partial charge on any atom is -1.00 e. The van der Waals surface area contributed by atoms with E-state index >= 15 is 0 Å². The normalized spacial score (nSPS) is 15.3. The maximum Gasteiger partial charge on any atom is 1.00 e. The van der Waals surface area contributed by atoms with E-state index in [4.69, 9.17) is 0 Å². The fourth-order valence-corrected chi connectivity index (χ4v) is 6.88. The SMILES string of the molecule is CCSCC(CCC1CCCCC1)Cc1ccc(C(=O)NC(CCSC)C(=O)O)c(-c2ccccc2C)c1.[H-].[Li+]. The molecule has 1 amide bonds. The molecule has 0 saturated heterocycles. The van der Waals surface area contributed by atoms with Crippen molar-refractivity contribution in [2.45, 2.75) is 77.7 Å². The topological polar surface area (TPSA) is 66.4 Å². The standard InChI is InChI=1S/C32H45NO3S2.Li.H/c1-4-38-22-26(15-14-24-11-6-5-7-12-24)20-25-16-17-28(29(21-25)27-13-9-8-10-23(27)2)31(34)33-30(32(35)36)18-19-37-3;;/h8-10,13,16-17,21,24,26,30H,4-7,11-12,14-15,18-20,22H2,1-3H3,(H,33,34)(H,35,36);;/q;+1;-1. The van der Waals surface area contributed by atoms with Crippen molar-refractivity contribution in [2.24, 2.45) is 11.8 Å². The molecule has 0 aromatic heterocycles. The minimum absolute atomic E-state index is 0. The van der Waals surface area contributed by atoms with E-state index in [-0.39, 0.29) is 26.2 Å². The van der Waals surface area contributed by atoms with E-state index in [0.717, 1.165) is 34.8 Å². The first-order valence-electron chi connectivity index (χ1n) is 14.2. The molecule has 0 radical (unpaired) electrons. The number of carboxylic acids is 1. The van der Waals surface area contributed by atoms with Crippen molar-refractivity contribution in [1.82, 2.24) is 5.32 Å². The van der Waals surface area contributed by atoms with Crippen LogP contribution in [0.1, 0.15) is 81.2 Å². The van der Waals surface area contributed by atoms with Gasteiger partial charge in [0.1, 0.15) is 6.04 Å². The Labute approximate surface area is 257 Å². The van der Waals surface area contributed by atoms with Crippen LogP contribution in [0, 0.1) is 18.8 Å². The minimum atomic E-state index is -0.990. The van der Waals surface area contributed by atoms with Gasteiger partial charge in [-0.05, 0) is 89.9 Å². The van der Waals surface area contributed by atoms with Crippen LogP contribution in [0.15, 0.2) is 42.5 Å². The summed E-state index contributed by atoms with van der Waals surface area (Å²) >= 11 is 3.61. The second-order valence-electron chi connectivity index (χ2n) is 10.7. The van der Waals surface area contributed by atoms with Crippen LogP contribution < -0.4 is 24.2 Å². The molecule has 4 nitrogen and oxygen atoms in total. The van der Waals surface area contributed by atoms with Gasteiger partial charge in [0.15, 0.2) is 0 Å². The zero-order chi connectivity index (χ0) is 27.3. The molecule has 210 valence electrons. The van der Waals surface area contributed by atoms with Gasteiger partial charge in [0.05, 0.1) is 0 Å². The predicted molar refractivity (Wildman–Crippen MR) is 166 cm³/mol. The van der Waals surface area contributed by atoms with E-state index in [0.29, 0.717) is 23.7 Å². The molecule has 2 unspecified atom stereocenters. The van der Waals surface area contributed by atoms with Crippen LogP contribution in [0.2, 0.25) is 0 Å². The van der Waals surface area contributed by atoms with Gasteiger partial charge < -0.3 is 11.8 Å². The molecule has 0 aliphatic heterocycles. The number of aryl methyl sites for hydroxylation is 1. The smallest absolute Gasteiger partial charge is 1.00 e. The molecular formula is C32H46LiNO3S2. The summed E-state index contributed by atoms with van der Waals surface area (Å²) in [7, 11) is 0. The third kappa shape index (κ3) is 10.9. The molecule has 2 aromatic carbocycles. The van der Waals surface area contributed by atoms with Crippen LogP contribution in [-0.2, 0) is 11.2 Å². The van der Waals surface area contributed by atoms with Gasteiger partial charge in [0, 0.05) is 5.56 Å². The summed E-state index contributed by atoms with van der Waals surface area (Å²) < 4.78 is 0. The van der Waals surface area contributed by atoms with Crippen LogP contribution in [0.25, 0.3) is 11.1 Å². The summed E-state index contributed by atoms with van der Waals surface area (Å²) in [6.45, 7) is 4.29. The number of nitrogens with one attached hydrogen (secondary N) is 1. The third-order valence-corrected chi connectivity index (χ3v) is 9.53. The maximum atomic E-state index is 13.4. The van der Waals surface area contributed by atoms with Crippen LogP contribution in [0.4, 0.5) is 0 Å². The first kappa shape index (κ1) is 33.9. The average Bonchev–Trinajstić information content (AvgIpc) is 2.93. The summed E-state index contributed by atoms with van der Waals surface area (Å²) in [4.78, 5) is 25.2. The zero-order valence-corrected chi connectivity index (χ0v) is 26.0. The van der Waals surface area contributed by atoms with Crippen molar-refractivity contribution in [2.75, 3.05) is 23.5 Å². The van der Waals surface area contributed by atoms with Crippen LogP contribution in [0.3, 0.4) is 0 Å². The van der Waals surface area contributed by atoms with Crippen LogP contribution >= 0.6 is 23.5 Å². The van der Waals surface area contributed by atoms with E-state index in [2.05, 4.69) is 43.4 Å². The molecule has 0 bridgehead atoms. The first-order valence-corrected chi connectivity index (χ1v) is 16.8. The second-order valence-corrected chi connectivity index (χ2v) is 13.0. The Kier molecular flexibility index (Phi) is 15.8. The van der Waals surface area contributed by atoms with Crippen LogP contribution in [-0.4, -0.2) is 46.5 Å². The van der Waals surface area contributed by atoms with Crippen LogP contribution in [0.5, 0.6) is 0 Å². The van der Waals surface area contributed by atoms with Gasteiger partial charge in [-0.15, -0.1) is 0 Å². The predicted octanol–water partition coefficient (Wildman–Crippen LogP) is 4.99.